The normalized spacial score (nSPS) is 15.2. The molecule has 0 radical (unpaired) electrons. The maximum absolute atomic E-state index is 13.4. The zero-order chi connectivity index (χ0) is 25.1. The molecule has 0 spiro atoms. The van der Waals surface area contributed by atoms with Crippen LogP contribution in [0.2, 0.25) is 0 Å². The van der Waals surface area contributed by atoms with Crippen LogP contribution in [0, 0.1) is 12.7 Å². The first-order valence-electron chi connectivity index (χ1n) is 12.9. The van der Waals surface area contributed by atoms with E-state index >= 15 is 0 Å². The summed E-state index contributed by atoms with van der Waals surface area (Å²) in [4.78, 5) is 18.7. The third kappa shape index (κ3) is 5.23. The minimum atomic E-state index is -0.261. The number of benzene rings is 2. The van der Waals surface area contributed by atoms with Crippen molar-refractivity contribution in [3.8, 4) is 0 Å². The zero-order valence-electron chi connectivity index (χ0n) is 21.0. The molecule has 1 aliphatic rings. The molecule has 1 N–H and O–H groups in total. The van der Waals surface area contributed by atoms with Gasteiger partial charge in [-0.05, 0) is 77.4 Å². The minimum absolute atomic E-state index is 0.0262. The number of hydrogen-bond acceptors (Lipinski definition) is 5. The van der Waals surface area contributed by atoms with E-state index in [9.17, 15) is 9.18 Å². The number of nitrogens with zero attached hydrogens (tertiary/aromatic N) is 5. The third-order valence-electron chi connectivity index (χ3n) is 7.29. The van der Waals surface area contributed by atoms with Crippen LogP contribution in [0.25, 0.3) is 10.9 Å². The molecular weight excluding hydrogens is 455 g/mol. The van der Waals surface area contributed by atoms with Crippen LogP contribution in [0.4, 0.5) is 4.39 Å². The van der Waals surface area contributed by atoms with E-state index in [1.165, 1.54) is 25.0 Å². The van der Waals surface area contributed by atoms with Crippen molar-refractivity contribution in [3.63, 3.8) is 0 Å². The first-order valence-corrected chi connectivity index (χ1v) is 12.9. The van der Waals surface area contributed by atoms with Gasteiger partial charge in [0.2, 0.25) is 0 Å². The number of tetrazole rings is 1. The molecule has 1 atom stereocenters. The summed E-state index contributed by atoms with van der Waals surface area (Å²) < 4.78 is 15.2. The van der Waals surface area contributed by atoms with Gasteiger partial charge in [-0.15, -0.1) is 5.10 Å². The molecule has 5 rings (SSSR count). The van der Waals surface area contributed by atoms with E-state index in [-0.39, 0.29) is 17.4 Å². The largest absolute Gasteiger partial charge is 0.322 e. The lowest BCUT2D eigenvalue weighted by molar-refractivity contribution is 0.108. The van der Waals surface area contributed by atoms with E-state index in [0.29, 0.717) is 19.1 Å². The summed E-state index contributed by atoms with van der Waals surface area (Å²) in [6.07, 6.45) is 6.42. The molecule has 4 aromatic rings. The molecule has 2 heterocycles. The van der Waals surface area contributed by atoms with Gasteiger partial charge in [0.15, 0.2) is 5.82 Å². The number of nitrogens with one attached hydrogen (secondary N) is 1. The molecule has 8 heteroatoms. The molecule has 0 unspecified atom stereocenters. The highest BCUT2D eigenvalue weighted by atomic mass is 19.1. The average molecular weight is 489 g/mol. The number of aryl methyl sites for hydroxylation is 1. The smallest absolute Gasteiger partial charge is 0.252 e. The molecule has 2 aromatic carbocycles. The maximum Gasteiger partial charge on any atom is 0.252 e. The van der Waals surface area contributed by atoms with Crippen LogP contribution in [0.5, 0.6) is 0 Å². The van der Waals surface area contributed by atoms with Gasteiger partial charge in [0, 0.05) is 23.7 Å². The minimum Gasteiger partial charge on any atom is -0.322 e. The summed E-state index contributed by atoms with van der Waals surface area (Å²) in [5.41, 5.74) is 3.64. The van der Waals surface area contributed by atoms with E-state index in [4.69, 9.17) is 0 Å². The first-order chi connectivity index (χ1) is 17.5. The molecular formula is C28H33FN6O. The highest BCUT2D eigenvalue weighted by Crippen LogP contribution is 2.34. The van der Waals surface area contributed by atoms with Gasteiger partial charge in [0.05, 0.1) is 12.6 Å². The molecule has 1 fully saturated rings. The Labute approximate surface area is 210 Å². The topological polar surface area (TPSA) is 79.7 Å². The predicted octanol–water partition coefficient (Wildman–Crippen LogP) is 5.30. The molecule has 0 aliphatic heterocycles. The van der Waals surface area contributed by atoms with Crippen molar-refractivity contribution < 1.29 is 4.39 Å². The van der Waals surface area contributed by atoms with Gasteiger partial charge >= 0.3 is 0 Å². The Morgan fingerprint density at radius 2 is 1.92 bits per heavy atom. The Morgan fingerprint density at radius 3 is 2.67 bits per heavy atom. The van der Waals surface area contributed by atoms with Crippen molar-refractivity contribution in [3.05, 3.63) is 87.2 Å². The molecule has 7 nitrogen and oxygen atoms in total. The summed E-state index contributed by atoms with van der Waals surface area (Å²) in [6, 6.07) is 15.0. The van der Waals surface area contributed by atoms with E-state index in [2.05, 4.69) is 44.5 Å². The lowest BCUT2D eigenvalue weighted by atomic mass is 10.0. The quantitative estimate of drug-likeness (QED) is 0.346. The van der Waals surface area contributed by atoms with Crippen molar-refractivity contribution >= 4 is 10.9 Å². The Hall–Kier alpha value is -3.39. The van der Waals surface area contributed by atoms with Gasteiger partial charge in [0.1, 0.15) is 5.82 Å². The molecule has 188 valence electrons. The zero-order valence-corrected chi connectivity index (χ0v) is 21.0. The van der Waals surface area contributed by atoms with Crippen LogP contribution in [-0.2, 0) is 13.1 Å². The Morgan fingerprint density at radius 1 is 1.14 bits per heavy atom. The number of aromatic nitrogens is 5. The van der Waals surface area contributed by atoms with Crippen LogP contribution >= 0.6 is 0 Å². The van der Waals surface area contributed by atoms with Gasteiger partial charge in [-0.2, -0.15) is 0 Å². The second kappa shape index (κ2) is 10.7. The molecule has 0 bridgehead atoms. The van der Waals surface area contributed by atoms with Gasteiger partial charge in [-0.25, -0.2) is 9.07 Å². The second-order valence-electron chi connectivity index (χ2n) is 9.95. The van der Waals surface area contributed by atoms with Crippen molar-refractivity contribution in [2.24, 2.45) is 0 Å². The molecule has 1 saturated carbocycles. The summed E-state index contributed by atoms with van der Waals surface area (Å²) in [5, 5.41) is 13.8. The van der Waals surface area contributed by atoms with Crippen LogP contribution in [0.3, 0.4) is 0 Å². The summed E-state index contributed by atoms with van der Waals surface area (Å²) in [7, 11) is 0. The van der Waals surface area contributed by atoms with Crippen LogP contribution in [-0.4, -0.2) is 36.1 Å². The fourth-order valence-electron chi connectivity index (χ4n) is 5.45. The van der Waals surface area contributed by atoms with E-state index in [0.717, 1.165) is 59.1 Å². The van der Waals surface area contributed by atoms with Gasteiger partial charge < -0.3 is 4.98 Å². The van der Waals surface area contributed by atoms with E-state index < -0.39 is 0 Å². The van der Waals surface area contributed by atoms with Crippen molar-refractivity contribution in [2.45, 2.75) is 77.5 Å². The number of aromatic amines is 1. The molecule has 2 aromatic heterocycles. The van der Waals surface area contributed by atoms with Gasteiger partial charge in [0.25, 0.3) is 5.56 Å². The second-order valence-corrected chi connectivity index (χ2v) is 9.95. The highest BCUT2D eigenvalue weighted by Gasteiger charge is 2.33. The van der Waals surface area contributed by atoms with Crippen LogP contribution in [0.1, 0.15) is 74.0 Å². The Kier molecular flexibility index (Phi) is 7.23. The number of H-pyrrole nitrogens is 1. The Bertz CT molecular complexity index is 1370. The molecule has 0 saturated heterocycles. The predicted molar refractivity (Wildman–Crippen MR) is 138 cm³/mol. The number of rotatable bonds is 9. The monoisotopic (exact) mass is 488 g/mol. The standard InChI is InChI=1S/C28H33FN6O/c1-3-6-26(27-31-32-33-35(27)17-20-10-13-23(29)14-11-20)34(24-7-4-5-8-24)18-22-16-21-12-9-19(2)15-25(21)30-28(22)36/h9-16,24,26H,3-8,17-18H2,1-2H3,(H,30,36)/t26-/m0/s1. The number of hydrogen-bond donors (Lipinski definition) is 1. The summed E-state index contributed by atoms with van der Waals surface area (Å²) in [5.74, 6) is 0.531. The first kappa shape index (κ1) is 24.3. The molecule has 0 amide bonds. The molecule has 36 heavy (non-hydrogen) atoms. The Balaban J connectivity index is 1.50. The summed E-state index contributed by atoms with van der Waals surface area (Å²) >= 11 is 0. The molecule has 1 aliphatic carbocycles. The van der Waals surface area contributed by atoms with Gasteiger partial charge in [-0.3, -0.25) is 9.69 Å². The number of pyridine rings is 1. The van der Waals surface area contributed by atoms with Crippen molar-refractivity contribution in [1.29, 1.82) is 0 Å². The highest BCUT2D eigenvalue weighted by molar-refractivity contribution is 5.79. The van der Waals surface area contributed by atoms with E-state index in [1.54, 1.807) is 12.1 Å². The maximum atomic E-state index is 13.4. The summed E-state index contributed by atoms with van der Waals surface area (Å²) in [6.45, 7) is 5.20. The van der Waals surface area contributed by atoms with Crippen molar-refractivity contribution in [2.75, 3.05) is 0 Å². The number of halogens is 1. The van der Waals surface area contributed by atoms with Crippen LogP contribution < -0.4 is 5.56 Å². The fourth-order valence-corrected chi connectivity index (χ4v) is 5.45. The number of fused-ring (bicyclic) bond motifs is 1. The van der Waals surface area contributed by atoms with Crippen LogP contribution in [0.15, 0.2) is 53.3 Å². The lowest BCUT2D eigenvalue weighted by Crippen LogP contribution is -2.39. The van der Waals surface area contributed by atoms with E-state index in [1.807, 2.05) is 23.7 Å². The average Bonchev–Trinajstić information content (AvgIpc) is 3.56. The fraction of sp³-hybridized carbons (Fsp3) is 0.429. The van der Waals surface area contributed by atoms with Crippen molar-refractivity contribution in [1.82, 2.24) is 30.1 Å². The lowest BCUT2D eigenvalue weighted by Gasteiger charge is -2.35. The third-order valence-corrected chi connectivity index (χ3v) is 7.29. The van der Waals surface area contributed by atoms with Gasteiger partial charge in [-0.1, -0.05) is 50.5 Å². The SMILES string of the molecule is CCC[C@@H](c1nnnn1Cc1ccc(F)cc1)N(Cc1cc2ccc(C)cc2[nH]c1=O)C1CCCC1.